The number of nitrogens with zero attached hydrogens (tertiary/aromatic N) is 2. The van der Waals surface area contributed by atoms with Crippen LogP contribution >= 0.6 is 11.6 Å². The van der Waals surface area contributed by atoms with Crippen molar-refractivity contribution in [3.63, 3.8) is 0 Å². The lowest BCUT2D eigenvalue weighted by Crippen LogP contribution is -2.20. The molecule has 4 aromatic rings. The summed E-state index contributed by atoms with van der Waals surface area (Å²) in [4.78, 5) is 27.7. The maximum absolute atomic E-state index is 12.8. The van der Waals surface area contributed by atoms with Gasteiger partial charge in [-0.15, -0.1) is 0 Å². The number of rotatable bonds is 4. The highest BCUT2D eigenvalue weighted by molar-refractivity contribution is 6.30. The van der Waals surface area contributed by atoms with Gasteiger partial charge in [-0.1, -0.05) is 23.7 Å². The van der Waals surface area contributed by atoms with Gasteiger partial charge in [0.2, 0.25) is 0 Å². The van der Waals surface area contributed by atoms with Gasteiger partial charge in [-0.05, 0) is 24.3 Å². The van der Waals surface area contributed by atoms with Gasteiger partial charge in [0.15, 0.2) is 6.61 Å². The van der Waals surface area contributed by atoms with E-state index in [-0.39, 0.29) is 27.7 Å². The summed E-state index contributed by atoms with van der Waals surface area (Å²) in [6.45, 7) is -1.55. The zero-order valence-corrected chi connectivity index (χ0v) is 15.7. The van der Waals surface area contributed by atoms with Gasteiger partial charge in [0.1, 0.15) is 17.0 Å². The maximum Gasteiger partial charge on any atom is 0.422 e. The molecule has 0 aliphatic heterocycles. The number of hydrogen-bond acceptors (Lipinski definition) is 4. The van der Waals surface area contributed by atoms with Crippen LogP contribution in [0.3, 0.4) is 0 Å². The van der Waals surface area contributed by atoms with E-state index >= 15 is 0 Å². The summed E-state index contributed by atoms with van der Waals surface area (Å²) in [6, 6.07) is 10.6. The van der Waals surface area contributed by atoms with Gasteiger partial charge >= 0.3 is 6.18 Å². The van der Waals surface area contributed by atoms with Gasteiger partial charge < -0.3 is 15.0 Å². The normalized spacial score (nSPS) is 11.7. The molecule has 0 radical (unpaired) electrons. The number of hydrogen-bond donors (Lipinski definition) is 2. The number of benzene rings is 2. The average molecular weight is 437 g/mol. The number of para-hydroxylation sites is 1. The summed E-state index contributed by atoms with van der Waals surface area (Å²) in [5, 5.41) is 7.14. The topological polar surface area (TPSA) is 88.5 Å². The van der Waals surface area contributed by atoms with Crippen molar-refractivity contribution in [1.82, 2.24) is 14.6 Å². The molecule has 0 saturated carbocycles. The highest BCUT2D eigenvalue weighted by Gasteiger charge is 2.29. The van der Waals surface area contributed by atoms with E-state index in [0.29, 0.717) is 10.9 Å². The van der Waals surface area contributed by atoms with E-state index in [4.69, 9.17) is 16.3 Å². The predicted octanol–water partition coefficient (Wildman–Crippen LogP) is 4.02. The Morgan fingerprint density at radius 1 is 1.23 bits per heavy atom. The lowest BCUT2D eigenvalue weighted by Gasteiger charge is -2.14. The van der Waals surface area contributed by atoms with Gasteiger partial charge in [0.25, 0.3) is 11.5 Å². The first kappa shape index (κ1) is 19.8. The molecular weight excluding hydrogens is 425 g/mol. The molecule has 0 aliphatic carbocycles. The first-order chi connectivity index (χ1) is 14.2. The lowest BCUT2D eigenvalue weighted by atomic mass is 10.2. The van der Waals surface area contributed by atoms with Crippen molar-refractivity contribution in [2.75, 3.05) is 11.9 Å². The van der Waals surface area contributed by atoms with E-state index in [1.54, 1.807) is 24.3 Å². The Morgan fingerprint density at radius 3 is 2.77 bits per heavy atom. The third-order valence-electron chi connectivity index (χ3n) is 4.21. The van der Waals surface area contributed by atoms with Crippen LogP contribution in [0.15, 0.2) is 53.5 Å². The van der Waals surface area contributed by atoms with Crippen molar-refractivity contribution < 1.29 is 22.7 Å². The van der Waals surface area contributed by atoms with E-state index < -0.39 is 24.2 Å². The molecule has 2 N–H and O–H groups in total. The molecule has 0 spiro atoms. The highest BCUT2D eigenvalue weighted by atomic mass is 35.5. The lowest BCUT2D eigenvalue weighted by molar-refractivity contribution is -0.153. The fourth-order valence-corrected chi connectivity index (χ4v) is 3.07. The van der Waals surface area contributed by atoms with E-state index in [1.807, 2.05) is 0 Å². The molecular formula is C19H12ClF3N4O3. The van der Waals surface area contributed by atoms with E-state index in [2.05, 4.69) is 15.4 Å². The minimum absolute atomic E-state index is 0.0175. The van der Waals surface area contributed by atoms with Crippen molar-refractivity contribution in [3.05, 3.63) is 69.6 Å². The molecule has 4 rings (SSSR count). The molecule has 11 heteroatoms. The second-order valence-electron chi connectivity index (χ2n) is 6.29. The predicted molar refractivity (Wildman–Crippen MR) is 104 cm³/mol. The number of halogens is 4. The van der Waals surface area contributed by atoms with Gasteiger partial charge in [-0.3, -0.25) is 9.59 Å². The molecule has 2 aromatic heterocycles. The van der Waals surface area contributed by atoms with E-state index in [1.165, 1.54) is 22.8 Å². The van der Waals surface area contributed by atoms with Crippen LogP contribution in [0.25, 0.3) is 16.6 Å². The fourth-order valence-electron chi connectivity index (χ4n) is 2.91. The van der Waals surface area contributed by atoms with Crippen LogP contribution in [0.2, 0.25) is 5.02 Å². The number of anilines is 1. The Labute approximate surface area is 171 Å². The summed E-state index contributed by atoms with van der Waals surface area (Å²) in [5.41, 5.74) is 0.234. The Hall–Kier alpha value is -3.53. The summed E-state index contributed by atoms with van der Waals surface area (Å²) in [7, 11) is 0. The molecule has 1 amide bonds. The van der Waals surface area contributed by atoms with E-state index in [9.17, 15) is 22.8 Å². The molecule has 2 heterocycles. The SMILES string of the molecule is O=C(Nc1ccc(Cl)cc1OCC(F)(F)F)c1cnn2c1[nH]c(=O)c1ccccc12. The van der Waals surface area contributed by atoms with Crippen molar-refractivity contribution in [2.45, 2.75) is 6.18 Å². The maximum atomic E-state index is 12.8. The molecule has 0 fully saturated rings. The molecule has 0 aliphatic rings. The quantitative estimate of drug-likeness (QED) is 0.505. The second-order valence-corrected chi connectivity index (χ2v) is 6.72. The van der Waals surface area contributed by atoms with Crippen LogP contribution in [-0.2, 0) is 0 Å². The van der Waals surface area contributed by atoms with Crippen molar-refractivity contribution in [2.24, 2.45) is 0 Å². The molecule has 0 unspecified atom stereocenters. The first-order valence-corrected chi connectivity index (χ1v) is 8.90. The van der Waals surface area contributed by atoms with Crippen LogP contribution in [0.5, 0.6) is 5.75 Å². The number of alkyl halides is 3. The number of amides is 1. The fraction of sp³-hybridized carbons (Fsp3) is 0.105. The zero-order valence-electron chi connectivity index (χ0n) is 15.0. The number of carbonyl (C=O) groups is 1. The van der Waals surface area contributed by atoms with Crippen molar-refractivity contribution in [3.8, 4) is 5.75 Å². The van der Waals surface area contributed by atoms with Gasteiger partial charge in [-0.25, -0.2) is 4.52 Å². The number of carbonyl (C=O) groups excluding carboxylic acids is 1. The Balaban J connectivity index is 1.70. The Bertz CT molecular complexity index is 1330. The molecule has 0 bridgehead atoms. The van der Waals surface area contributed by atoms with Gasteiger partial charge in [0.05, 0.1) is 22.8 Å². The van der Waals surface area contributed by atoms with Gasteiger partial charge in [-0.2, -0.15) is 18.3 Å². The number of aromatic amines is 1. The summed E-state index contributed by atoms with van der Waals surface area (Å²) in [6.07, 6.45) is -3.31. The standard InChI is InChI=1S/C19H12ClF3N4O3/c20-10-5-6-13(15(7-10)30-9-19(21,22)23)25-18(29)12-8-24-27-14-4-2-1-3-11(14)17(28)26-16(12)27/h1-8H,9H2,(H,25,29)(H,26,28). The van der Waals surface area contributed by atoms with Crippen LogP contribution in [0, 0.1) is 0 Å². The van der Waals surface area contributed by atoms with Crippen LogP contribution in [0.4, 0.5) is 18.9 Å². The van der Waals surface area contributed by atoms with Crippen molar-refractivity contribution >= 4 is 39.7 Å². The zero-order chi connectivity index (χ0) is 21.5. The average Bonchev–Trinajstić information content (AvgIpc) is 3.12. The number of ether oxygens (including phenoxy) is 1. The summed E-state index contributed by atoms with van der Waals surface area (Å²) >= 11 is 5.83. The molecule has 154 valence electrons. The van der Waals surface area contributed by atoms with Crippen LogP contribution < -0.4 is 15.6 Å². The summed E-state index contributed by atoms with van der Waals surface area (Å²) in [5.74, 6) is -0.946. The van der Waals surface area contributed by atoms with Crippen LogP contribution in [-0.4, -0.2) is 33.3 Å². The molecule has 7 nitrogen and oxygen atoms in total. The van der Waals surface area contributed by atoms with E-state index in [0.717, 1.165) is 6.07 Å². The number of H-pyrrole nitrogens is 1. The van der Waals surface area contributed by atoms with Gasteiger partial charge in [0, 0.05) is 11.1 Å². The minimum atomic E-state index is -4.56. The molecule has 2 aromatic carbocycles. The molecule has 0 atom stereocenters. The number of fused-ring (bicyclic) bond motifs is 3. The minimum Gasteiger partial charge on any atom is -0.482 e. The molecule has 30 heavy (non-hydrogen) atoms. The smallest absolute Gasteiger partial charge is 0.422 e. The largest absolute Gasteiger partial charge is 0.482 e. The number of nitrogens with one attached hydrogen (secondary N) is 2. The second kappa shape index (κ2) is 7.38. The monoisotopic (exact) mass is 436 g/mol. The Morgan fingerprint density at radius 2 is 2.00 bits per heavy atom. The Kier molecular flexibility index (Phi) is 4.86. The highest BCUT2D eigenvalue weighted by Crippen LogP contribution is 2.30. The van der Waals surface area contributed by atoms with Crippen LogP contribution in [0.1, 0.15) is 10.4 Å². The summed E-state index contributed by atoms with van der Waals surface area (Å²) < 4.78 is 43.7. The van der Waals surface area contributed by atoms with Crippen molar-refractivity contribution in [1.29, 1.82) is 0 Å². The third kappa shape index (κ3) is 3.81. The third-order valence-corrected chi connectivity index (χ3v) is 4.44. The molecule has 0 saturated heterocycles. The number of aromatic nitrogens is 3. The first-order valence-electron chi connectivity index (χ1n) is 8.52.